The Hall–Kier alpha value is -0.940. The quantitative estimate of drug-likeness (QED) is 0.128. The molecule has 0 saturated carbocycles. The third kappa shape index (κ3) is 11.8. The summed E-state index contributed by atoms with van der Waals surface area (Å²) >= 11 is 0. The van der Waals surface area contributed by atoms with E-state index in [1.807, 2.05) is 20.8 Å². The van der Waals surface area contributed by atoms with E-state index in [0.29, 0.717) is 36.5 Å². The second-order valence-electron chi connectivity index (χ2n) is 9.49. The van der Waals surface area contributed by atoms with Crippen molar-refractivity contribution in [2.24, 2.45) is 0 Å². The lowest BCUT2D eigenvalue weighted by Crippen LogP contribution is -2.24. The van der Waals surface area contributed by atoms with Gasteiger partial charge in [-0.2, -0.15) is 34.8 Å². The first kappa shape index (κ1) is 34.1. The third-order valence-electron chi connectivity index (χ3n) is 6.23. The molecule has 0 bridgehead atoms. The van der Waals surface area contributed by atoms with Crippen LogP contribution in [0, 0.1) is 0 Å². The number of halogens is 6. The fourth-order valence-electron chi connectivity index (χ4n) is 4.15. The Labute approximate surface area is 220 Å². The molecule has 0 aliphatic heterocycles. The first-order chi connectivity index (χ1) is 17.2. The molecule has 1 aromatic rings. The van der Waals surface area contributed by atoms with Gasteiger partial charge in [-0.05, 0) is 37.5 Å². The lowest BCUT2D eigenvalue weighted by atomic mass is 10.1. The molecule has 3 nitrogen and oxygen atoms in total. The molecule has 0 unspecified atom stereocenters. The number of unbranched alkanes of at least 4 members (excludes halogenated alkanes) is 9. The predicted octanol–water partition coefficient (Wildman–Crippen LogP) is 9.89. The van der Waals surface area contributed by atoms with Crippen LogP contribution in [-0.4, -0.2) is 25.7 Å². The molecule has 0 saturated heterocycles. The third-order valence-corrected chi connectivity index (χ3v) is 12.1. The van der Waals surface area contributed by atoms with Crippen molar-refractivity contribution in [2.45, 2.75) is 115 Å². The van der Waals surface area contributed by atoms with Crippen LogP contribution >= 0.6 is 10.3 Å². The van der Waals surface area contributed by atoms with Crippen molar-refractivity contribution in [3.8, 4) is 0 Å². The summed E-state index contributed by atoms with van der Waals surface area (Å²) < 4.78 is 114. The minimum atomic E-state index is -5.16. The highest BCUT2D eigenvalue weighted by Crippen LogP contribution is 2.55. The first-order valence-corrected chi connectivity index (χ1v) is 16.7. The molecule has 1 aromatic carbocycles. The Morgan fingerprint density at radius 3 is 1.43 bits per heavy atom. The second kappa shape index (κ2) is 15.6. The second-order valence-corrected chi connectivity index (χ2v) is 14.5. The highest BCUT2D eigenvalue weighted by molar-refractivity contribution is 8.33. The van der Waals surface area contributed by atoms with Gasteiger partial charge in [0.2, 0.25) is 0 Å². The molecule has 0 amide bonds. The zero-order valence-corrected chi connectivity index (χ0v) is 23.8. The number of hydrogen-bond donors (Lipinski definition) is 0. The first-order valence-electron chi connectivity index (χ1n) is 13.2. The van der Waals surface area contributed by atoms with Gasteiger partial charge in [-0.25, -0.2) is 3.63 Å². The summed E-state index contributed by atoms with van der Waals surface area (Å²) in [5.41, 5.74) is -3.10. The summed E-state index contributed by atoms with van der Waals surface area (Å²) in [6.07, 6.45) is -0.0366. The molecule has 0 spiro atoms. The van der Waals surface area contributed by atoms with Gasteiger partial charge in [0.1, 0.15) is 4.90 Å². The lowest BCUT2D eigenvalue weighted by molar-refractivity contribution is -0.143. The maximum absolute atomic E-state index is 13.7. The monoisotopic (exact) mass is 580 g/mol. The zero-order chi connectivity index (χ0) is 28.2. The van der Waals surface area contributed by atoms with Crippen molar-refractivity contribution in [3.05, 3.63) is 29.3 Å². The Morgan fingerprint density at radius 2 is 1.08 bits per heavy atom. The summed E-state index contributed by atoms with van der Waals surface area (Å²) in [4.78, 5) is -1.46. The molecular weight excluding hydrogens is 538 g/mol. The maximum Gasteiger partial charge on any atom is 0.417 e. The van der Waals surface area contributed by atoms with E-state index >= 15 is 0 Å². The van der Waals surface area contributed by atoms with Gasteiger partial charge < -0.3 is 0 Å². The predicted molar refractivity (Wildman–Crippen MR) is 139 cm³/mol. The zero-order valence-electron chi connectivity index (χ0n) is 22.1. The molecule has 0 fully saturated rings. The Morgan fingerprint density at radius 1 is 0.649 bits per heavy atom. The summed E-state index contributed by atoms with van der Waals surface area (Å²) in [7, 11) is -7.52. The van der Waals surface area contributed by atoms with E-state index in [1.54, 1.807) is 0 Å². The Kier molecular flexibility index (Phi) is 14.4. The molecule has 1 rings (SSSR count). The lowest BCUT2D eigenvalue weighted by Gasteiger charge is -2.39. The number of rotatable bonds is 18. The largest absolute Gasteiger partial charge is 0.417 e. The van der Waals surface area contributed by atoms with E-state index < -0.39 is 48.8 Å². The highest BCUT2D eigenvalue weighted by Gasteiger charge is 2.42. The highest BCUT2D eigenvalue weighted by atomic mass is 32.3. The molecule has 0 aliphatic carbocycles. The van der Waals surface area contributed by atoms with Crippen molar-refractivity contribution >= 4 is 20.4 Å². The molecule has 0 heterocycles. The maximum atomic E-state index is 13.7. The van der Waals surface area contributed by atoms with Crippen molar-refractivity contribution in [2.75, 3.05) is 17.3 Å². The van der Waals surface area contributed by atoms with Gasteiger partial charge in [0, 0.05) is 17.3 Å². The van der Waals surface area contributed by atoms with Crippen molar-refractivity contribution < 1.29 is 38.4 Å². The number of benzene rings is 1. The van der Waals surface area contributed by atoms with E-state index in [1.165, 1.54) is 0 Å². The van der Waals surface area contributed by atoms with Crippen molar-refractivity contribution in [3.63, 3.8) is 0 Å². The van der Waals surface area contributed by atoms with Crippen molar-refractivity contribution in [1.82, 2.24) is 0 Å². The van der Waals surface area contributed by atoms with Gasteiger partial charge in [-0.3, -0.25) is 0 Å². The van der Waals surface area contributed by atoms with E-state index in [9.17, 15) is 34.8 Å². The van der Waals surface area contributed by atoms with E-state index in [2.05, 4.69) is 0 Å². The van der Waals surface area contributed by atoms with Gasteiger partial charge in [0.15, 0.2) is 0 Å². The van der Waals surface area contributed by atoms with Crippen LogP contribution in [0.5, 0.6) is 0 Å². The Balaban J connectivity index is 3.51. The number of alkyl halides is 6. The Bertz CT molecular complexity index is 867. The molecular formula is C26H42F6O3S2. The average Bonchev–Trinajstić information content (AvgIpc) is 2.81. The molecule has 0 atom stereocenters. The van der Waals surface area contributed by atoms with Crippen LogP contribution in [0.25, 0.3) is 0 Å². The normalized spacial score (nSPS) is 13.8. The van der Waals surface area contributed by atoms with Crippen LogP contribution in [0.15, 0.2) is 23.1 Å². The van der Waals surface area contributed by atoms with Crippen LogP contribution in [0.3, 0.4) is 0 Å². The van der Waals surface area contributed by atoms with Gasteiger partial charge in [0.05, 0.1) is 11.1 Å². The average molecular weight is 581 g/mol. The summed E-state index contributed by atoms with van der Waals surface area (Å²) in [5.74, 6) is 1.22. The smallest absolute Gasteiger partial charge is 0.216 e. The molecule has 0 aliphatic rings. The van der Waals surface area contributed by atoms with Gasteiger partial charge in [0.25, 0.3) is 0 Å². The minimum absolute atomic E-state index is 0.0631. The standard InChI is InChI=1S/C26H42F6O3S2/c1-4-7-10-13-18-36(19-14-11-8-5-2,20-15-12-9-6-3)35-37(33,34)24-21-22(25(27,28)29)16-17-23(24)26(30,31)32/h16-17,21H,4-15,18-20H2,1-3H3. The van der Waals surface area contributed by atoms with E-state index in [-0.39, 0.29) is 18.2 Å². The van der Waals surface area contributed by atoms with Gasteiger partial charge in [-0.1, -0.05) is 78.6 Å². The van der Waals surface area contributed by atoms with E-state index in [0.717, 1.165) is 57.8 Å². The SMILES string of the molecule is CCCCCCS(CCCCCC)(CCCCCC)OS(=O)(=O)c1cc(C(F)(F)F)ccc1C(F)(F)F. The van der Waals surface area contributed by atoms with Crippen LogP contribution in [0.4, 0.5) is 26.3 Å². The summed E-state index contributed by atoms with van der Waals surface area (Å²) in [5, 5.41) is 0. The fraction of sp³-hybridized carbons (Fsp3) is 0.769. The van der Waals surface area contributed by atoms with Crippen LogP contribution in [0.2, 0.25) is 0 Å². The van der Waals surface area contributed by atoms with Gasteiger partial charge >= 0.3 is 22.5 Å². The van der Waals surface area contributed by atoms with Crippen LogP contribution < -0.4 is 0 Å². The van der Waals surface area contributed by atoms with Crippen molar-refractivity contribution in [1.29, 1.82) is 0 Å². The molecule has 11 heteroatoms. The minimum Gasteiger partial charge on any atom is -0.216 e. The molecule has 0 radical (unpaired) electrons. The fourth-order valence-corrected chi connectivity index (χ4v) is 10.3. The number of hydrogen-bond acceptors (Lipinski definition) is 3. The van der Waals surface area contributed by atoms with Crippen LogP contribution in [0.1, 0.15) is 109 Å². The molecule has 218 valence electrons. The molecule has 37 heavy (non-hydrogen) atoms. The summed E-state index contributed by atoms with van der Waals surface area (Å²) in [6.45, 7) is 6.09. The summed E-state index contributed by atoms with van der Waals surface area (Å²) in [6, 6.07) is 0.496. The molecule has 0 N–H and O–H groups in total. The topological polar surface area (TPSA) is 43.4 Å². The van der Waals surface area contributed by atoms with E-state index in [4.69, 9.17) is 3.63 Å². The van der Waals surface area contributed by atoms with Crippen LogP contribution in [-0.2, 0) is 26.1 Å². The molecule has 0 aromatic heterocycles. The van der Waals surface area contributed by atoms with Gasteiger partial charge in [-0.15, -0.1) is 10.3 Å².